The number of nitrogens with two attached hydrogens (primary N) is 1. The van der Waals surface area contributed by atoms with Gasteiger partial charge in [-0.05, 0) is 6.07 Å². The smallest absolute Gasteiger partial charge is 0.0950 e. The van der Waals surface area contributed by atoms with Crippen molar-refractivity contribution in [1.82, 2.24) is 10.2 Å². The molecule has 17 heavy (non-hydrogen) atoms. The van der Waals surface area contributed by atoms with E-state index in [4.69, 9.17) is 11.1 Å². The molecule has 0 bridgehead atoms. The number of benzene rings is 1. The Morgan fingerprint density at radius 1 is 1.41 bits per heavy atom. The number of nitrogens with zero attached hydrogens (tertiary/aromatic N) is 3. The second-order valence-electron chi connectivity index (χ2n) is 3.94. The summed E-state index contributed by atoms with van der Waals surface area (Å²) < 4.78 is 0. The van der Waals surface area contributed by atoms with Crippen LogP contribution in [0.15, 0.2) is 30.5 Å². The Hall–Kier alpha value is -2.17. The van der Waals surface area contributed by atoms with Crippen LogP contribution in [-0.2, 0) is 0 Å². The monoisotopic (exact) mass is 229 g/mol. The number of aromatic nitrogens is 2. The number of anilines is 1. The fraction of sp³-hybridized carbons (Fsp3) is 0.250. The number of fused-ring (bicyclic) bond motifs is 1. The zero-order chi connectivity index (χ0) is 12.3. The lowest BCUT2D eigenvalue weighted by Gasteiger charge is -2.19. The van der Waals surface area contributed by atoms with Gasteiger partial charge in [0.1, 0.15) is 0 Å². The first-order valence-electron chi connectivity index (χ1n) is 5.43. The van der Waals surface area contributed by atoms with E-state index < -0.39 is 0 Å². The standard InChI is InChI=1S/C12H15N5/c1-17(7-6-12(13)14)11-8-15-16-10-5-3-2-4-9(10)11/h2-5,8H,6-7H2,1H3,(H3,13,14). The van der Waals surface area contributed by atoms with Gasteiger partial charge < -0.3 is 10.6 Å². The first-order valence-corrected chi connectivity index (χ1v) is 5.43. The molecule has 2 rings (SSSR count). The molecule has 0 unspecified atom stereocenters. The van der Waals surface area contributed by atoms with Gasteiger partial charge in [-0.3, -0.25) is 5.41 Å². The van der Waals surface area contributed by atoms with Crippen molar-refractivity contribution in [2.45, 2.75) is 6.42 Å². The van der Waals surface area contributed by atoms with Crippen molar-refractivity contribution in [2.24, 2.45) is 5.73 Å². The third kappa shape index (κ3) is 2.50. The van der Waals surface area contributed by atoms with Crippen molar-refractivity contribution in [2.75, 3.05) is 18.5 Å². The summed E-state index contributed by atoms with van der Waals surface area (Å²) in [5, 5.41) is 16.4. The van der Waals surface area contributed by atoms with Crippen LogP contribution in [-0.4, -0.2) is 29.6 Å². The molecular formula is C12H15N5. The maximum absolute atomic E-state index is 7.24. The molecule has 0 aliphatic rings. The van der Waals surface area contributed by atoms with Gasteiger partial charge in [0.15, 0.2) is 0 Å². The van der Waals surface area contributed by atoms with Crippen LogP contribution in [0.25, 0.3) is 10.9 Å². The molecule has 0 amide bonds. The fourth-order valence-electron chi connectivity index (χ4n) is 1.71. The third-order valence-corrected chi connectivity index (χ3v) is 2.65. The second-order valence-corrected chi connectivity index (χ2v) is 3.94. The van der Waals surface area contributed by atoms with E-state index in [9.17, 15) is 0 Å². The molecule has 0 saturated carbocycles. The molecule has 88 valence electrons. The zero-order valence-electron chi connectivity index (χ0n) is 9.72. The summed E-state index contributed by atoms with van der Waals surface area (Å²) in [5.41, 5.74) is 7.25. The van der Waals surface area contributed by atoms with E-state index in [-0.39, 0.29) is 5.84 Å². The molecule has 3 N–H and O–H groups in total. The van der Waals surface area contributed by atoms with Crippen LogP contribution in [0.2, 0.25) is 0 Å². The van der Waals surface area contributed by atoms with Crippen molar-refractivity contribution < 1.29 is 0 Å². The minimum atomic E-state index is 0.197. The molecule has 0 spiro atoms. The van der Waals surface area contributed by atoms with Gasteiger partial charge >= 0.3 is 0 Å². The topological polar surface area (TPSA) is 78.9 Å². The molecule has 0 aliphatic carbocycles. The minimum Gasteiger partial charge on any atom is -0.388 e. The molecule has 5 nitrogen and oxygen atoms in total. The van der Waals surface area contributed by atoms with Crippen LogP contribution in [0.3, 0.4) is 0 Å². The summed E-state index contributed by atoms with van der Waals surface area (Å²) in [7, 11) is 1.96. The molecular weight excluding hydrogens is 214 g/mol. The van der Waals surface area contributed by atoms with Crippen LogP contribution >= 0.6 is 0 Å². The Balaban J connectivity index is 2.31. The van der Waals surface area contributed by atoms with Crippen molar-refractivity contribution in [3.63, 3.8) is 0 Å². The molecule has 1 aromatic heterocycles. The Labute approximate surface area is 99.8 Å². The van der Waals surface area contributed by atoms with Crippen LogP contribution in [0.4, 0.5) is 5.69 Å². The van der Waals surface area contributed by atoms with Gasteiger partial charge in [0.2, 0.25) is 0 Å². The van der Waals surface area contributed by atoms with E-state index in [1.165, 1.54) is 0 Å². The Kier molecular flexibility index (Phi) is 3.18. The van der Waals surface area contributed by atoms with Gasteiger partial charge in [-0.15, -0.1) is 0 Å². The van der Waals surface area contributed by atoms with Gasteiger partial charge in [-0.1, -0.05) is 18.2 Å². The highest BCUT2D eigenvalue weighted by Crippen LogP contribution is 2.22. The largest absolute Gasteiger partial charge is 0.388 e. The Morgan fingerprint density at radius 2 is 2.18 bits per heavy atom. The lowest BCUT2D eigenvalue weighted by Crippen LogP contribution is -2.24. The number of hydrogen-bond acceptors (Lipinski definition) is 4. The SMILES string of the molecule is CN(CCC(=N)N)c1cnnc2ccccc12. The van der Waals surface area contributed by atoms with Crippen LogP contribution in [0, 0.1) is 5.41 Å². The molecule has 0 radical (unpaired) electrons. The Morgan fingerprint density at radius 3 is 2.94 bits per heavy atom. The molecule has 1 heterocycles. The van der Waals surface area contributed by atoms with Gasteiger partial charge in [0, 0.05) is 25.4 Å². The summed E-state index contributed by atoms with van der Waals surface area (Å²) in [6.07, 6.45) is 2.29. The van der Waals surface area contributed by atoms with E-state index in [0.29, 0.717) is 13.0 Å². The van der Waals surface area contributed by atoms with Gasteiger partial charge in [-0.25, -0.2) is 0 Å². The lowest BCUT2D eigenvalue weighted by molar-refractivity contribution is 0.905. The average Bonchev–Trinajstić information content (AvgIpc) is 2.35. The maximum atomic E-state index is 7.24. The zero-order valence-corrected chi connectivity index (χ0v) is 9.72. The van der Waals surface area contributed by atoms with E-state index in [2.05, 4.69) is 10.2 Å². The number of nitrogens with one attached hydrogen (secondary N) is 1. The summed E-state index contributed by atoms with van der Waals surface area (Å²) in [4.78, 5) is 2.04. The van der Waals surface area contributed by atoms with Crippen molar-refractivity contribution in [3.05, 3.63) is 30.5 Å². The molecule has 1 aromatic carbocycles. The fourth-order valence-corrected chi connectivity index (χ4v) is 1.71. The molecule has 2 aromatic rings. The predicted octanol–water partition coefficient (Wildman–Crippen LogP) is 1.39. The van der Waals surface area contributed by atoms with E-state index in [1.54, 1.807) is 6.20 Å². The van der Waals surface area contributed by atoms with Crippen LogP contribution < -0.4 is 10.6 Å². The third-order valence-electron chi connectivity index (χ3n) is 2.65. The summed E-state index contributed by atoms with van der Waals surface area (Å²) >= 11 is 0. The maximum Gasteiger partial charge on any atom is 0.0950 e. The molecule has 5 heteroatoms. The minimum absolute atomic E-state index is 0.197. The number of amidine groups is 1. The Bertz CT molecular complexity index is 532. The van der Waals surface area contributed by atoms with Crippen LogP contribution in [0.1, 0.15) is 6.42 Å². The van der Waals surface area contributed by atoms with E-state index >= 15 is 0 Å². The van der Waals surface area contributed by atoms with Gasteiger partial charge in [0.25, 0.3) is 0 Å². The second kappa shape index (κ2) is 4.78. The summed E-state index contributed by atoms with van der Waals surface area (Å²) in [6.45, 7) is 0.699. The molecule has 0 fully saturated rings. The summed E-state index contributed by atoms with van der Waals surface area (Å²) in [5.74, 6) is 0.197. The quantitative estimate of drug-likeness (QED) is 0.613. The highest BCUT2D eigenvalue weighted by molar-refractivity contribution is 5.90. The number of rotatable bonds is 4. The predicted molar refractivity (Wildman–Crippen MR) is 69.3 cm³/mol. The average molecular weight is 229 g/mol. The van der Waals surface area contributed by atoms with Crippen molar-refractivity contribution in [1.29, 1.82) is 5.41 Å². The normalized spacial score (nSPS) is 10.4. The van der Waals surface area contributed by atoms with Crippen molar-refractivity contribution >= 4 is 22.4 Å². The van der Waals surface area contributed by atoms with E-state index in [0.717, 1.165) is 16.6 Å². The highest BCUT2D eigenvalue weighted by atomic mass is 15.1. The summed E-state index contributed by atoms with van der Waals surface area (Å²) in [6, 6.07) is 7.87. The lowest BCUT2D eigenvalue weighted by atomic mass is 10.2. The highest BCUT2D eigenvalue weighted by Gasteiger charge is 2.07. The number of hydrogen-bond donors (Lipinski definition) is 2. The molecule has 0 aliphatic heterocycles. The molecule has 0 atom stereocenters. The van der Waals surface area contributed by atoms with Crippen LogP contribution in [0.5, 0.6) is 0 Å². The first-order chi connectivity index (χ1) is 8.18. The molecule has 0 saturated heterocycles. The van der Waals surface area contributed by atoms with Gasteiger partial charge in [0.05, 0.1) is 23.2 Å². The first kappa shape index (κ1) is 11.3. The van der Waals surface area contributed by atoms with Gasteiger partial charge in [-0.2, -0.15) is 10.2 Å². The van der Waals surface area contributed by atoms with E-state index in [1.807, 2.05) is 36.2 Å². The van der Waals surface area contributed by atoms with Crippen molar-refractivity contribution in [3.8, 4) is 0 Å².